The van der Waals surface area contributed by atoms with E-state index in [0.29, 0.717) is 32.0 Å². The van der Waals surface area contributed by atoms with Crippen molar-refractivity contribution in [3.63, 3.8) is 0 Å². The molecule has 0 aliphatic carbocycles. The number of nitrogens with two attached hydrogens (primary N) is 1. The number of anilines is 3. The van der Waals surface area contributed by atoms with E-state index >= 15 is 0 Å². The monoisotopic (exact) mass is 441 g/mol. The minimum absolute atomic E-state index is 0.0703. The van der Waals surface area contributed by atoms with Gasteiger partial charge in [-0.05, 0) is 36.4 Å². The van der Waals surface area contributed by atoms with Gasteiger partial charge in [-0.1, -0.05) is 0 Å². The van der Waals surface area contributed by atoms with Crippen LogP contribution in [0.2, 0.25) is 0 Å². The van der Waals surface area contributed by atoms with Crippen LogP contribution in [0, 0.1) is 5.82 Å². The smallest absolute Gasteiger partial charge is 0.416 e. The van der Waals surface area contributed by atoms with Gasteiger partial charge in [-0.15, -0.1) is 0 Å². The maximum atomic E-state index is 13.1. The van der Waals surface area contributed by atoms with Gasteiger partial charge in [0.05, 0.1) is 35.7 Å². The van der Waals surface area contributed by atoms with Gasteiger partial charge in [-0.2, -0.15) is 13.2 Å². The van der Waals surface area contributed by atoms with Crippen molar-refractivity contribution in [1.82, 2.24) is 0 Å². The van der Waals surface area contributed by atoms with Crippen molar-refractivity contribution >= 4 is 28.9 Å². The number of morpholine rings is 1. The van der Waals surface area contributed by atoms with E-state index in [1.165, 1.54) is 6.07 Å². The van der Waals surface area contributed by atoms with Crippen LogP contribution in [-0.2, 0) is 20.4 Å². The Balaban J connectivity index is 1.73. The molecule has 0 spiro atoms. The fourth-order valence-corrected chi connectivity index (χ4v) is 3.01. The molecule has 0 aromatic heterocycles. The highest BCUT2D eigenvalue weighted by atomic mass is 19.4. The molecule has 2 aromatic carbocycles. The van der Waals surface area contributed by atoms with Crippen molar-refractivity contribution in [2.75, 3.05) is 48.9 Å². The SMILES string of the molecule is Nc1cc(F)ccc1C(=O)OCC(=O)Nc1cc(C(F)(F)F)ccc1N1CCOCC1. The van der Waals surface area contributed by atoms with Crippen LogP contribution in [0.4, 0.5) is 34.6 Å². The molecule has 0 saturated carbocycles. The average molecular weight is 441 g/mol. The van der Waals surface area contributed by atoms with Gasteiger partial charge in [-0.3, -0.25) is 4.79 Å². The molecule has 31 heavy (non-hydrogen) atoms. The third-order valence-corrected chi connectivity index (χ3v) is 4.52. The number of alkyl halides is 3. The Bertz CT molecular complexity index is 975. The summed E-state index contributed by atoms with van der Waals surface area (Å²) >= 11 is 0. The molecule has 1 aliphatic rings. The summed E-state index contributed by atoms with van der Waals surface area (Å²) in [5.74, 6) is -2.46. The zero-order valence-corrected chi connectivity index (χ0v) is 16.2. The number of benzene rings is 2. The predicted octanol–water partition coefficient (Wildman–Crippen LogP) is 3.06. The summed E-state index contributed by atoms with van der Waals surface area (Å²) in [6.45, 7) is 0.894. The molecule has 1 fully saturated rings. The molecule has 0 atom stereocenters. The lowest BCUT2D eigenvalue weighted by Gasteiger charge is -2.31. The first-order chi connectivity index (χ1) is 14.6. The first-order valence-corrected chi connectivity index (χ1v) is 9.21. The number of nitrogens with zero attached hydrogens (tertiary/aromatic N) is 1. The Morgan fingerprint density at radius 1 is 1.13 bits per heavy atom. The minimum Gasteiger partial charge on any atom is -0.452 e. The molecule has 0 unspecified atom stereocenters. The molecule has 0 bridgehead atoms. The van der Waals surface area contributed by atoms with Crippen LogP contribution >= 0.6 is 0 Å². The molecule has 3 rings (SSSR count). The van der Waals surface area contributed by atoms with Crippen molar-refractivity contribution in [2.45, 2.75) is 6.18 Å². The highest BCUT2D eigenvalue weighted by Gasteiger charge is 2.32. The van der Waals surface area contributed by atoms with Crippen LogP contribution in [-0.4, -0.2) is 44.8 Å². The number of hydrogen-bond acceptors (Lipinski definition) is 6. The third kappa shape index (κ3) is 5.63. The third-order valence-electron chi connectivity index (χ3n) is 4.52. The second kappa shape index (κ2) is 9.21. The van der Waals surface area contributed by atoms with Gasteiger partial charge in [0.15, 0.2) is 6.61 Å². The zero-order valence-electron chi connectivity index (χ0n) is 16.2. The topological polar surface area (TPSA) is 93.9 Å². The average Bonchev–Trinajstić information content (AvgIpc) is 2.72. The molecule has 1 amide bonds. The molecule has 7 nitrogen and oxygen atoms in total. The maximum absolute atomic E-state index is 13.1. The predicted molar refractivity (Wildman–Crippen MR) is 104 cm³/mol. The lowest BCUT2D eigenvalue weighted by atomic mass is 10.1. The van der Waals surface area contributed by atoms with Gasteiger partial charge < -0.3 is 25.4 Å². The largest absolute Gasteiger partial charge is 0.452 e. The van der Waals surface area contributed by atoms with Crippen LogP contribution in [0.1, 0.15) is 15.9 Å². The van der Waals surface area contributed by atoms with Gasteiger partial charge in [0, 0.05) is 18.8 Å². The van der Waals surface area contributed by atoms with Gasteiger partial charge in [-0.25, -0.2) is 9.18 Å². The summed E-state index contributed by atoms with van der Waals surface area (Å²) < 4.78 is 62.6. The highest BCUT2D eigenvalue weighted by molar-refractivity contribution is 5.99. The molecule has 1 heterocycles. The first-order valence-electron chi connectivity index (χ1n) is 9.21. The summed E-state index contributed by atoms with van der Waals surface area (Å²) in [7, 11) is 0. The summed E-state index contributed by atoms with van der Waals surface area (Å²) in [5, 5.41) is 2.36. The van der Waals surface area contributed by atoms with Gasteiger partial charge in [0.1, 0.15) is 5.82 Å². The summed E-state index contributed by atoms with van der Waals surface area (Å²) in [4.78, 5) is 26.1. The van der Waals surface area contributed by atoms with E-state index in [0.717, 1.165) is 30.3 Å². The van der Waals surface area contributed by atoms with Crippen LogP contribution in [0.5, 0.6) is 0 Å². The Kier molecular flexibility index (Phi) is 6.64. The molecular weight excluding hydrogens is 422 g/mol. The molecule has 1 saturated heterocycles. The van der Waals surface area contributed by atoms with Crippen molar-refractivity contribution in [3.8, 4) is 0 Å². The Morgan fingerprint density at radius 3 is 2.48 bits per heavy atom. The normalized spacial score (nSPS) is 14.3. The second-order valence-electron chi connectivity index (χ2n) is 6.68. The molecule has 2 aromatic rings. The lowest BCUT2D eigenvalue weighted by Crippen LogP contribution is -2.37. The summed E-state index contributed by atoms with van der Waals surface area (Å²) in [6.07, 6.45) is -4.60. The first kappa shape index (κ1) is 22.3. The Morgan fingerprint density at radius 2 is 1.84 bits per heavy atom. The standard InChI is InChI=1S/C20H19F4N3O4/c21-13-2-3-14(15(25)10-13)19(29)31-11-18(28)26-16-9-12(20(22,23)24)1-4-17(16)27-5-7-30-8-6-27/h1-4,9-10H,5-8,11,25H2,(H,26,28). The maximum Gasteiger partial charge on any atom is 0.416 e. The molecule has 11 heteroatoms. The quantitative estimate of drug-likeness (QED) is 0.421. The fraction of sp³-hybridized carbons (Fsp3) is 0.300. The molecule has 3 N–H and O–H groups in total. The fourth-order valence-electron chi connectivity index (χ4n) is 3.01. The number of halogens is 4. The van der Waals surface area contributed by atoms with Crippen molar-refractivity contribution in [3.05, 3.63) is 53.3 Å². The number of nitrogens with one attached hydrogen (secondary N) is 1. The van der Waals surface area contributed by atoms with E-state index in [1.807, 2.05) is 0 Å². The highest BCUT2D eigenvalue weighted by Crippen LogP contribution is 2.35. The van der Waals surface area contributed by atoms with E-state index in [4.69, 9.17) is 15.2 Å². The van der Waals surface area contributed by atoms with Crippen LogP contribution in [0.25, 0.3) is 0 Å². The van der Waals surface area contributed by atoms with Crippen LogP contribution in [0.15, 0.2) is 36.4 Å². The number of nitrogen functional groups attached to an aromatic ring is 1. The van der Waals surface area contributed by atoms with E-state index in [2.05, 4.69) is 5.32 Å². The van der Waals surface area contributed by atoms with Gasteiger partial charge in [0.25, 0.3) is 5.91 Å². The summed E-state index contributed by atoms with van der Waals surface area (Å²) in [5.41, 5.74) is 4.63. The second-order valence-corrected chi connectivity index (χ2v) is 6.68. The molecule has 1 aliphatic heterocycles. The van der Waals surface area contributed by atoms with Crippen LogP contribution in [0.3, 0.4) is 0 Å². The zero-order chi connectivity index (χ0) is 22.6. The Hall–Kier alpha value is -3.34. The van der Waals surface area contributed by atoms with Gasteiger partial charge >= 0.3 is 12.1 Å². The van der Waals surface area contributed by atoms with Crippen molar-refractivity contribution in [1.29, 1.82) is 0 Å². The van der Waals surface area contributed by atoms with Crippen LogP contribution < -0.4 is 16.0 Å². The number of carbonyl (C=O) groups excluding carboxylic acids is 2. The number of hydrogen-bond donors (Lipinski definition) is 2. The molecule has 166 valence electrons. The van der Waals surface area contributed by atoms with E-state index in [1.54, 1.807) is 4.90 Å². The van der Waals surface area contributed by atoms with E-state index in [9.17, 15) is 27.2 Å². The van der Waals surface area contributed by atoms with E-state index in [-0.39, 0.29) is 16.9 Å². The Labute approximate surface area is 174 Å². The number of rotatable bonds is 5. The van der Waals surface area contributed by atoms with Crippen molar-refractivity contribution < 1.29 is 36.6 Å². The summed E-state index contributed by atoms with van der Waals surface area (Å²) in [6, 6.07) is 6.06. The lowest BCUT2D eigenvalue weighted by molar-refractivity contribution is -0.137. The van der Waals surface area contributed by atoms with Gasteiger partial charge in [0.2, 0.25) is 0 Å². The number of ether oxygens (including phenoxy) is 2. The number of amides is 1. The van der Waals surface area contributed by atoms with E-state index < -0.39 is 36.0 Å². The number of carbonyl (C=O) groups is 2. The number of esters is 1. The van der Waals surface area contributed by atoms with Crippen molar-refractivity contribution in [2.24, 2.45) is 0 Å². The molecular formula is C20H19F4N3O4. The minimum atomic E-state index is -4.60. The molecule has 0 radical (unpaired) electrons.